The topological polar surface area (TPSA) is 70.7 Å². The van der Waals surface area contributed by atoms with Gasteiger partial charge in [-0.1, -0.05) is 29.8 Å². The molecule has 4 rings (SSSR count). The number of hydrogen-bond acceptors (Lipinski definition) is 3. The minimum Gasteiger partial charge on any atom is -0.351 e. The number of carbonyl (C=O) groups excluding carboxylic acids is 1. The summed E-state index contributed by atoms with van der Waals surface area (Å²) in [5.74, 6) is -0.297. The number of carbonyl (C=O) groups is 1. The molecule has 0 spiro atoms. The van der Waals surface area contributed by atoms with Crippen molar-refractivity contribution in [2.75, 3.05) is 0 Å². The average molecular weight is 431 g/mol. The van der Waals surface area contributed by atoms with Crippen molar-refractivity contribution in [2.45, 2.75) is 12.7 Å². The number of alkyl halides is 3. The van der Waals surface area contributed by atoms with Crippen molar-refractivity contribution in [2.24, 2.45) is 0 Å². The van der Waals surface area contributed by atoms with Crippen LogP contribution in [0.2, 0.25) is 5.15 Å². The Morgan fingerprint density at radius 1 is 1.00 bits per heavy atom. The van der Waals surface area contributed by atoms with E-state index in [-0.39, 0.29) is 12.5 Å². The van der Waals surface area contributed by atoms with Crippen molar-refractivity contribution in [1.82, 2.24) is 20.5 Å². The highest BCUT2D eigenvalue weighted by molar-refractivity contribution is 6.29. The molecule has 0 aliphatic heterocycles. The SMILES string of the molecule is O=C(NCc1ccc2[nH]c(C(F)(F)F)cc2c1)c1ccc(-c2ccc(Cl)nn2)cc1. The molecule has 0 aliphatic carbocycles. The second-order valence-electron chi connectivity index (χ2n) is 6.60. The molecule has 0 aliphatic rings. The van der Waals surface area contributed by atoms with Gasteiger partial charge in [0.05, 0.1) is 5.69 Å². The number of benzene rings is 2. The van der Waals surface area contributed by atoms with Gasteiger partial charge in [0, 0.05) is 28.6 Å². The molecule has 0 fully saturated rings. The van der Waals surface area contributed by atoms with Gasteiger partial charge in [-0.2, -0.15) is 13.2 Å². The fourth-order valence-electron chi connectivity index (χ4n) is 2.99. The zero-order chi connectivity index (χ0) is 21.3. The highest BCUT2D eigenvalue weighted by atomic mass is 35.5. The molecule has 4 aromatic rings. The van der Waals surface area contributed by atoms with Crippen molar-refractivity contribution in [3.8, 4) is 11.3 Å². The van der Waals surface area contributed by atoms with Crippen molar-refractivity contribution < 1.29 is 18.0 Å². The Morgan fingerprint density at radius 2 is 1.77 bits per heavy atom. The lowest BCUT2D eigenvalue weighted by Crippen LogP contribution is -2.22. The van der Waals surface area contributed by atoms with E-state index in [1.54, 1.807) is 54.6 Å². The van der Waals surface area contributed by atoms with Gasteiger partial charge >= 0.3 is 6.18 Å². The van der Waals surface area contributed by atoms with E-state index in [1.165, 1.54) is 0 Å². The van der Waals surface area contributed by atoms with E-state index in [1.807, 2.05) is 0 Å². The summed E-state index contributed by atoms with van der Waals surface area (Å²) in [5.41, 5.74) is 2.14. The fourth-order valence-corrected chi connectivity index (χ4v) is 3.09. The van der Waals surface area contributed by atoms with Gasteiger partial charge in [0.2, 0.25) is 0 Å². The Bertz CT molecular complexity index is 1200. The van der Waals surface area contributed by atoms with Crippen LogP contribution in [0.25, 0.3) is 22.2 Å². The number of nitrogens with zero attached hydrogens (tertiary/aromatic N) is 2. The van der Waals surface area contributed by atoms with Gasteiger partial charge in [0.25, 0.3) is 5.91 Å². The van der Waals surface area contributed by atoms with Gasteiger partial charge in [-0.05, 0) is 48.0 Å². The van der Waals surface area contributed by atoms with E-state index in [4.69, 9.17) is 11.6 Å². The third-order valence-electron chi connectivity index (χ3n) is 4.52. The summed E-state index contributed by atoms with van der Waals surface area (Å²) in [6.45, 7) is 0.186. The van der Waals surface area contributed by atoms with Gasteiger partial charge in [-0.15, -0.1) is 10.2 Å². The smallest absolute Gasteiger partial charge is 0.351 e. The molecule has 0 unspecified atom stereocenters. The molecular weight excluding hydrogens is 417 g/mol. The number of H-pyrrole nitrogens is 1. The number of fused-ring (bicyclic) bond motifs is 1. The predicted octanol–water partition coefficient (Wildman–Crippen LogP) is 5.23. The van der Waals surface area contributed by atoms with Crippen LogP contribution in [-0.4, -0.2) is 21.1 Å². The molecule has 30 heavy (non-hydrogen) atoms. The summed E-state index contributed by atoms with van der Waals surface area (Å²) < 4.78 is 38.5. The number of amides is 1. The van der Waals surface area contributed by atoms with E-state index < -0.39 is 11.9 Å². The summed E-state index contributed by atoms with van der Waals surface area (Å²) in [7, 11) is 0. The first-order valence-electron chi connectivity index (χ1n) is 8.86. The molecule has 2 aromatic heterocycles. The minimum absolute atomic E-state index is 0.186. The molecule has 9 heteroatoms. The summed E-state index contributed by atoms with van der Waals surface area (Å²) in [6.07, 6.45) is -4.43. The standard InChI is InChI=1S/C21H14ClF3N4O/c22-19-8-7-17(28-29-19)13-2-4-14(5-3-13)20(30)26-11-12-1-6-16-15(9-12)10-18(27-16)21(23,24)25/h1-10,27H,11H2,(H,26,30). The second-order valence-corrected chi connectivity index (χ2v) is 6.99. The quantitative estimate of drug-likeness (QED) is 0.466. The van der Waals surface area contributed by atoms with Crippen LogP contribution in [0.3, 0.4) is 0 Å². The van der Waals surface area contributed by atoms with Crippen LogP contribution >= 0.6 is 11.6 Å². The molecular formula is C21H14ClF3N4O. The molecule has 0 radical (unpaired) electrons. The molecule has 2 aromatic carbocycles. The van der Waals surface area contributed by atoms with Crippen molar-refractivity contribution >= 4 is 28.4 Å². The molecule has 0 saturated carbocycles. The molecule has 1 amide bonds. The van der Waals surface area contributed by atoms with E-state index >= 15 is 0 Å². The van der Waals surface area contributed by atoms with Crippen molar-refractivity contribution in [1.29, 1.82) is 0 Å². The molecule has 2 heterocycles. The monoisotopic (exact) mass is 430 g/mol. The van der Waals surface area contributed by atoms with E-state index in [0.29, 0.717) is 32.9 Å². The Hall–Kier alpha value is -3.39. The number of halogens is 4. The van der Waals surface area contributed by atoms with Gasteiger partial charge in [0.1, 0.15) is 5.69 Å². The first-order valence-corrected chi connectivity index (χ1v) is 9.24. The number of nitrogens with one attached hydrogen (secondary N) is 2. The van der Waals surface area contributed by atoms with E-state index in [9.17, 15) is 18.0 Å². The summed E-state index contributed by atoms with van der Waals surface area (Å²) in [5, 5.41) is 11.3. The summed E-state index contributed by atoms with van der Waals surface area (Å²) in [6, 6.07) is 16.1. The van der Waals surface area contributed by atoms with Gasteiger partial charge < -0.3 is 10.3 Å². The highest BCUT2D eigenvalue weighted by Gasteiger charge is 2.32. The van der Waals surface area contributed by atoms with Gasteiger partial charge in [-0.25, -0.2) is 0 Å². The predicted molar refractivity (Wildman–Crippen MR) is 107 cm³/mol. The number of hydrogen-bond donors (Lipinski definition) is 2. The maximum absolute atomic E-state index is 12.8. The third-order valence-corrected chi connectivity index (χ3v) is 4.72. The van der Waals surface area contributed by atoms with Crippen molar-refractivity contribution in [3.05, 3.63) is 82.6 Å². The third kappa shape index (κ3) is 4.28. The molecule has 0 atom stereocenters. The molecule has 2 N–H and O–H groups in total. The lowest BCUT2D eigenvalue weighted by molar-refractivity contribution is -0.140. The summed E-state index contributed by atoms with van der Waals surface area (Å²) in [4.78, 5) is 14.7. The maximum Gasteiger partial charge on any atom is 0.431 e. The second kappa shape index (κ2) is 7.79. The molecule has 0 bridgehead atoms. The lowest BCUT2D eigenvalue weighted by Gasteiger charge is -2.07. The Morgan fingerprint density at radius 3 is 2.43 bits per heavy atom. The molecule has 5 nitrogen and oxygen atoms in total. The summed E-state index contributed by atoms with van der Waals surface area (Å²) >= 11 is 5.73. The van der Waals surface area contributed by atoms with Crippen LogP contribution in [0.1, 0.15) is 21.6 Å². The molecule has 0 saturated heterocycles. The normalized spacial score (nSPS) is 11.6. The van der Waals surface area contributed by atoms with Gasteiger partial charge in [0.15, 0.2) is 5.15 Å². The number of rotatable bonds is 4. The molecule has 152 valence electrons. The van der Waals surface area contributed by atoms with E-state index in [2.05, 4.69) is 20.5 Å². The Labute approximate surface area is 173 Å². The number of aromatic amines is 1. The van der Waals surface area contributed by atoms with Crippen LogP contribution in [0, 0.1) is 0 Å². The van der Waals surface area contributed by atoms with Crippen LogP contribution in [0.4, 0.5) is 13.2 Å². The number of aromatic nitrogens is 3. The van der Waals surface area contributed by atoms with Crippen LogP contribution in [-0.2, 0) is 12.7 Å². The zero-order valence-electron chi connectivity index (χ0n) is 15.3. The first-order chi connectivity index (χ1) is 14.3. The minimum atomic E-state index is -4.43. The van der Waals surface area contributed by atoms with Gasteiger partial charge in [-0.3, -0.25) is 4.79 Å². The van der Waals surface area contributed by atoms with E-state index in [0.717, 1.165) is 11.6 Å². The Balaban J connectivity index is 1.43. The lowest BCUT2D eigenvalue weighted by atomic mass is 10.1. The highest BCUT2D eigenvalue weighted by Crippen LogP contribution is 2.31. The van der Waals surface area contributed by atoms with Crippen LogP contribution < -0.4 is 5.32 Å². The Kier molecular flexibility index (Phi) is 5.17. The zero-order valence-corrected chi connectivity index (χ0v) is 16.1. The van der Waals surface area contributed by atoms with Crippen LogP contribution in [0.5, 0.6) is 0 Å². The van der Waals surface area contributed by atoms with Crippen molar-refractivity contribution in [3.63, 3.8) is 0 Å². The maximum atomic E-state index is 12.8. The largest absolute Gasteiger partial charge is 0.431 e. The van der Waals surface area contributed by atoms with Crippen LogP contribution in [0.15, 0.2) is 60.7 Å². The average Bonchev–Trinajstić information content (AvgIpc) is 3.17. The first kappa shape index (κ1) is 19.9. The fraction of sp³-hybridized carbons (Fsp3) is 0.0952.